The second kappa shape index (κ2) is 13.2. The van der Waals surface area contributed by atoms with E-state index in [9.17, 15) is 9.59 Å². The van der Waals surface area contributed by atoms with E-state index in [1.807, 2.05) is 54.4 Å². The average molecular weight is 497 g/mol. The van der Waals surface area contributed by atoms with Gasteiger partial charge in [-0.2, -0.15) is 0 Å². The zero-order valence-electron chi connectivity index (χ0n) is 22.3. The smallest absolute Gasteiger partial charge is 0.257 e. The fraction of sp³-hybridized carbons (Fsp3) is 0.517. The summed E-state index contributed by atoms with van der Waals surface area (Å²) in [6.45, 7) is 5.93. The van der Waals surface area contributed by atoms with Crippen LogP contribution >= 0.6 is 0 Å². The van der Waals surface area contributed by atoms with Gasteiger partial charge in [-0.05, 0) is 61.4 Å². The van der Waals surface area contributed by atoms with Gasteiger partial charge in [-0.15, -0.1) is 0 Å². The van der Waals surface area contributed by atoms with Crippen LogP contribution in [0.4, 0.5) is 0 Å². The molecule has 0 aromatic heterocycles. The Labute approximate surface area is 215 Å². The number of methoxy groups -OCH3 is 2. The molecule has 0 radical (unpaired) electrons. The van der Waals surface area contributed by atoms with Gasteiger partial charge in [0.1, 0.15) is 12.4 Å². The van der Waals surface area contributed by atoms with Crippen molar-refractivity contribution in [2.24, 2.45) is 5.92 Å². The number of rotatable bonds is 6. The molecule has 1 atom stereocenters. The monoisotopic (exact) mass is 496 g/mol. The van der Waals surface area contributed by atoms with Crippen LogP contribution in [0.3, 0.4) is 0 Å². The number of hydrogen-bond donors (Lipinski definition) is 0. The van der Waals surface area contributed by atoms with E-state index in [4.69, 9.17) is 14.2 Å². The van der Waals surface area contributed by atoms with Crippen LogP contribution in [0.15, 0.2) is 42.5 Å². The summed E-state index contributed by atoms with van der Waals surface area (Å²) in [5, 5.41) is 0. The standard InChI is InChI=1S/C29H40N2O5/c1-21(2)24-20-36-25-12-8-7-11-23(25)29(33)30(3)17-9-6-10-18-31(24)28(32)16-14-22-13-15-26(34-4)27(19-22)35-5/h7-8,11-13,15,19,21,24H,6,9-10,14,16-18,20H2,1-5H3/t24-/m1/s1. The number of hydrogen-bond acceptors (Lipinski definition) is 5. The maximum Gasteiger partial charge on any atom is 0.257 e. The van der Waals surface area contributed by atoms with Gasteiger partial charge in [0, 0.05) is 26.6 Å². The fourth-order valence-electron chi connectivity index (χ4n) is 4.61. The summed E-state index contributed by atoms with van der Waals surface area (Å²) < 4.78 is 17.0. The summed E-state index contributed by atoms with van der Waals surface area (Å²) >= 11 is 0. The van der Waals surface area contributed by atoms with Crippen LogP contribution in [0.2, 0.25) is 0 Å². The summed E-state index contributed by atoms with van der Waals surface area (Å²) in [5.74, 6) is 2.18. The molecule has 0 unspecified atom stereocenters. The minimum atomic E-state index is -0.0930. The summed E-state index contributed by atoms with van der Waals surface area (Å²) in [6, 6.07) is 13.1. The van der Waals surface area contributed by atoms with Crippen molar-refractivity contribution >= 4 is 11.8 Å². The third-order valence-corrected chi connectivity index (χ3v) is 6.83. The predicted octanol–water partition coefficient (Wildman–Crippen LogP) is 4.82. The molecule has 1 aliphatic rings. The zero-order valence-corrected chi connectivity index (χ0v) is 22.3. The highest BCUT2D eigenvalue weighted by atomic mass is 16.5. The first kappa shape index (κ1) is 27.4. The first-order chi connectivity index (χ1) is 17.3. The molecule has 2 aromatic carbocycles. The van der Waals surface area contributed by atoms with Gasteiger partial charge in [0.05, 0.1) is 25.8 Å². The Bertz CT molecular complexity index is 1020. The van der Waals surface area contributed by atoms with Crippen LogP contribution < -0.4 is 14.2 Å². The van der Waals surface area contributed by atoms with E-state index >= 15 is 0 Å². The molecule has 0 aliphatic carbocycles. The molecule has 0 N–H and O–H groups in total. The molecule has 2 aromatic rings. The van der Waals surface area contributed by atoms with E-state index < -0.39 is 0 Å². The fourth-order valence-corrected chi connectivity index (χ4v) is 4.61. The number of fused-ring (bicyclic) bond motifs is 1. The van der Waals surface area contributed by atoms with E-state index in [1.54, 1.807) is 19.1 Å². The summed E-state index contributed by atoms with van der Waals surface area (Å²) in [6.07, 6.45) is 3.75. The van der Waals surface area contributed by atoms with Crippen LogP contribution in [0.25, 0.3) is 0 Å². The number of carbonyl (C=O) groups is 2. The first-order valence-corrected chi connectivity index (χ1v) is 12.8. The normalized spacial score (nSPS) is 17.4. The molecule has 0 saturated carbocycles. The maximum absolute atomic E-state index is 13.6. The highest BCUT2D eigenvalue weighted by Gasteiger charge is 2.28. The number of para-hydroxylation sites is 1. The van der Waals surface area contributed by atoms with Gasteiger partial charge in [-0.25, -0.2) is 0 Å². The van der Waals surface area contributed by atoms with Crippen LogP contribution in [0.5, 0.6) is 17.2 Å². The second-order valence-electron chi connectivity index (χ2n) is 9.68. The van der Waals surface area contributed by atoms with E-state index in [1.165, 1.54) is 0 Å². The first-order valence-electron chi connectivity index (χ1n) is 12.8. The molecule has 1 heterocycles. The van der Waals surface area contributed by atoms with Crippen molar-refractivity contribution in [2.75, 3.05) is 41.0 Å². The van der Waals surface area contributed by atoms with Crippen molar-refractivity contribution in [3.8, 4) is 17.2 Å². The molecule has 2 amide bonds. The topological polar surface area (TPSA) is 68.3 Å². The highest BCUT2D eigenvalue weighted by molar-refractivity contribution is 5.96. The summed E-state index contributed by atoms with van der Waals surface area (Å²) in [7, 11) is 5.06. The van der Waals surface area contributed by atoms with Gasteiger partial charge >= 0.3 is 0 Å². The lowest BCUT2D eigenvalue weighted by molar-refractivity contribution is -0.135. The molecular weight excluding hydrogens is 456 g/mol. The Hall–Kier alpha value is -3.22. The Morgan fingerprint density at radius 3 is 2.47 bits per heavy atom. The number of ether oxygens (including phenoxy) is 3. The van der Waals surface area contributed by atoms with Crippen molar-refractivity contribution in [2.45, 2.75) is 52.0 Å². The van der Waals surface area contributed by atoms with Crippen LogP contribution in [0.1, 0.15) is 55.5 Å². The second-order valence-corrected chi connectivity index (χ2v) is 9.68. The molecule has 1 aliphatic heterocycles. The average Bonchev–Trinajstić information content (AvgIpc) is 2.90. The predicted molar refractivity (Wildman–Crippen MR) is 141 cm³/mol. The molecule has 3 rings (SSSR count). The lowest BCUT2D eigenvalue weighted by atomic mass is 10.0. The van der Waals surface area contributed by atoms with Crippen molar-refractivity contribution < 1.29 is 23.8 Å². The molecule has 7 nitrogen and oxygen atoms in total. The zero-order chi connectivity index (χ0) is 26.1. The SMILES string of the molecule is COc1ccc(CCC(=O)N2CCCCCN(C)C(=O)c3ccccc3OC[C@@H]2C(C)C)cc1OC. The molecule has 196 valence electrons. The largest absolute Gasteiger partial charge is 0.493 e. The number of benzene rings is 2. The van der Waals surface area contributed by atoms with Gasteiger partial charge in [0.25, 0.3) is 5.91 Å². The van der Waals surface area contributed by atoms with Crippen molar-refractivity contribution in [1.82, 2.24) is 9.80 Å². The molecule has 7 heteroatoms. The minimum absolute atomic E-state index is 0.0335. The Morgan fingerprint density at radius 2 is 1.75 bits per heavy atom. The molecule has 36 heavy (non-hydrogen) atoms. The maximum atomic E-state index is 13.6. The van der Waals surface area contributed by atoms with Crippen molar-refractivity contribution in [1.29, 1.82) is 0 Å². The Morgan fingerprint density at radius 1 is 1.03 bits per heavy atom. The number of amides is 2. The third kappa shape index (κ3) is 6.93. The molecule has 0 saturated heterocycles. The van der Waals surface area contributed by atoms with E-state index in [0.717, 1.165) is 24.8 Å². The molecule has 0 fully saturated rings. The summed E-state index contributed by atoms with van der Waals surface area (Å²) in [4.78, 5) is 30.3. The van der Waals surface area contributed by atoms with Crippen LogP contribution in [-0.4, -0.2) is 68.6 Å². The highest BCUT2D eigenvalue weighted by Crippen LogP contribution is 2.28. The van der Waals surface area contributed by atoms with Crippen LogP contribution in [-0.2, 0) is 11.2 Å². The third-order valence-electron chi connectivity index (χ3n) is 6.83. The van der Waals surface area contributed by atoms with Crippen LogP contribution in [0, 0.1) is 5.92 Å². The summed E-state index contributed by atoms with van der Waals surface area (Å²) in [5.41, 5.74) is 1.59. The van der Waals surface area contributed by atoms with Gasteiger partial charge in [-0.3, -0.25) is 9.59 Å². The van der Waals surface area contributed by atoms with Gasteiger partial charge in [0.2, 0.25) is 5.91 Å². The lowest BCUT2D eigenvalue weighted by Gasteiger charge is -2.35. The molecular formula is C29H40N2O5. The minimum Gasteiger partial charge on any atom is -0.493 e. The van der Waals surface area contributed by atoms with E-state index in [0.29, 0.717) is 55.4 Å². The van der Waals surface area contributed by atoms with Gasteiger partial charge in [0.15, 0.2) is 11.5 Å². The van der Waals surface area contributed by atoms with Gasteiger partial charge in [-0.1, -0.05) is 32.0 Å². The quantitative estimate of drug-likeness (QED) is 0.573. The van der Waals surface area contributed by atoms with Gasteiger partial charge < -0.3 is 24.0 Å². The van der Waals surface area contributed by atoms with E-state index in [2.05, 4.69) is 13.8 Å². The number of nitrogens with zero attached hydrogens (tertiary/aromatic N) is 2. The molecule has 0 spiro atoms. The number of aryl methyl sites for hydroxylation is 1. The van der Waals surface area contributed by atoms with Crippen molar-refractivity contribution in [3.05, 3.63) is 53.6 Å². The number of carbonyl (C=O) groups excluding carboxylic acids is 2. The van der Waals surface area contributed by atoms with Crippen molar-refractivity contribution in [3.63, 3.8) is 0 Å². The molecule has 0 bridgehead atoms. The Balaban J connectivity index is 1.79. The van der Waals surface area contributed by atoms with E-state index in [-0.39, 0.29) is 23.8 Å². The Kier molecular flexibility index (Phi) is 10.0. The lowest BCUT2D eigenvalue weighted by Crippen LogP contribution is -2.47.